The van der Waals surface area contributed by atoms with Crippen LogP contribution in [0.15, 0.2) is 34.9 Å². The van der Waals surface area contributed by atoms with Crippen LogP contribution in [0.3, 0.4) is 0 Å². The molecule has 2 rings (SSSR count). The van der Waals surface area contributed by atoms with E-state index in [9.17, 15) is 13.6 Å². The van der Waals surface area contributed by atoms with Crippen molar-refractivity contribution in [1.29, 1.82) is 0 Å². The number of aromatic nitrogens is 1. The van der Waals surface area contributed by atoms with Crippen molar-refractivity contribution in [2.45, 2.75) is 0 Å². The first-order valence-corrected chi connectivity index (χ1v) is 6.26. The minimum Gasteiger partial charge on any atom is -0.481 e. The van der Waals surface area contributed by atoms with Crippen molar-refractivity contribution >= 4 is 27.5 Å². The van der Waals surface area contributed by atoms with Gasteiger partial charge >= 0.3 is 0 Å². The Morgan fingerprint density at radius 3 is 2.45 bits per heavy atom. The highest BCUT2D eigenvalue weighted by molar-refractivity contribution is 9.10. The molecule has 0 unspecified atom stereocenters. The van der Waals surface area contributed by atoms with Crippen LogP contribution in [0.1, 0.15) is 10.4 Å². The zero-order chi connectivity index (χ0) is 14.7. The van der Waals surface area contributed by atoms with Gasteiger partial charge in [-0.05, 0) is 18.2 Å². The Kier molecular flexibility index (Phi) is 4.29. The highest BCUT2D eigenvalue weighted by atomic mass is 79.9. The Balaban J connectivity index is 2.23. The number of nitrogens with zero attached hydrogens (tertiary/aromatic N) is 1. The average Bonchev–Trinajstić information content (AvgIpc) is 2.38. The average molecular weight is 343 g/mol. The number of hydrogen-bond acceptors (Lipinski definition) is 3. The molecule has 0 saturated heterocycles. The summed E-state index contributed by atoms with van der Waals surface area (Å²) in [6.45, 7) is 0. The largest absolute Gasteiger partial charge is 0.481 e. The van der Waals surface area contributed by atoms with Gasteiger partial charge in [-0.25, -0.2) is 13.8 Å². The first-order chi connectivity index (χ1) is 9.51. The number of halogens is 3. The summed E-state index contributed by atoms with van der Waals surface area (Å²) in [5, 5.41) is 2.36. The zero-order valence-electron chi connectivity index (χ0n) is 10.3. The topological polar surface area (TPSA) is 51.2 Å². The van der Waals surface area contributed by atoms with Crippen molar-refractivity contribution in [2.75, 3.05) is 12.4 Å². The lowest BCUT2D eigenvalue weighted by atomic mass is 10.2. The molecule has 1 heterocycles. The predicted molar refractivity (Wildman–Crippen MR) is 72.8 cm³/mol. The number of carbonyl (C=O) groups excluding carboxylic acids is 1. The maximum Gasteiger partial charge on any atom is 0.261 e. The van der Waals surface area contributed by atoms with Gasteiger partial charge < -0.3 is 10.1 Å². The smallest absolute Gasteiger partial charge is 0.261 e. The van der Waals surface area contributed by atoms with E-state index in [1.165, 1.54) is 25.4 Å². The monoisotopic (exact) mass is 342 g/mol. The molecule has 0 saturated carbocycles. The maximum absolute atomic E-state index is 13.6. The van der Waals surface area contributed by atoms with Gasteiger partial charge in [0.2, 0.25) is 5.88 Å². The van der Waals surface area contributed by atoms with E-state index < -0.39 is 23.1 Å². The minimum atomic E-state index is -0.948. The first-order valence-electron chi connectivity index (χ1n) is 5.47. The minimum absolute atomic E-state index is 0.218. The summed E-state index contributed by atoms with van der Waals surface area (Å²) in [6, 6.07) is 5.07. The number of carbonyl (C=O) groups is 1. The Morgan fingerprint density at radius 2 is 1.95 bits per heavy atom. The van der Waals surface area contributed by atoms with E-state index in [4.69, 9.17) is 4.74 Å². The van der Waals surface area contributed by atoms with Crippen LogP contribution >= 0.6 is 15.9 Å². The van der Waals surface area contributed by atoms with Crippen LogP contribution in [0.4, 0.5) is 14.5 Å². The molecule has 0 aliphatic heterocycles. The first kappa shape index (κ1) is 14.4. The van der Waals surface area contributed by atoms with Crippen LogP contribution in [-0.2, 0) is 0 Å². The lowest BCUT2D eigenvalue weighted by Crippen LogP contribution is -2.16. The van der Waals surface area contributed by atoms with Crippen LogP contribution in [0, 0.1) is 11.6 Å². The molecule has 0 fully saturated rings. The molecule has 1 aromatic carbocycles. The standard InChI is InChI=1S/C13H9BrF2N2O2/c1-20-11-3-2-8(6-17-11)18-13(19)12-9(15)4-7(14)5-10(12)16/h2-6H,1H3,(H,18,19). The molecule has 1 amide bonds. The Hall–Kier alpha value is -2.02. The van der Waals surface area contributed by atoms with Gasteiger partial charge in [0.25, 0.3) is 5.91 Å². The highest BCUT2D eigenvalue weighted by Gasteiger charge is 2.18. The number of pyridine rings is 1. The number of rotatable bonds is 3. The molecule has 0 aliphatic carbocycles. The fraction of sp³-hybridized carbons (Fsp3) is 0.0769. The number of hydrogen-bond donors (Lipinski definition) is 1. The van der Waals surface area contributed by atoms with Crippen LogP contribution in [-0.4, -0.2) is 18.0 Å². The summed E-state index contributed by atoms with van der Waals surface area (Å²) in [7, 11) is 1.45. The fourth-order valence-corrected chi connectivity index (χ4v) is 1.93. The second-order valence-corrected chi connectivity index (χ2v) is 4.70. The quantitative estimate of drug-likeness (QED) is 0.930. The number of methoxy groups -OCH3 is 1. The molecule has 0 atom stereocenters. The van der Waals surface area contributed by atoms with Gasteiger partial charge in [-0.15, -0.1) is 0 Å². The van der Waals surface area contributed by atoms with Crippen LogP contribution < -0.4 is 10.1 Å². The molecule has 7 heteroatoms. The van der Waals surface area contributed by atoms with Crippen molar-refractivity contribution in [3.63, 3.8) is 0 Å². The van der Waals surface area contributed by atoms with E-state index in [-0.39, 0.29) is 4.47 Å². The summed E-state index contributed by atoms with van der Waals surface area (Å²) < 4.78 is 32.3. The lowest BCUT2D eigenvalue weighted by molar-refractivity contribution is 0.101. The van der Waals surface area contributed by atoms with E-state index >= 15 is 0 Å². The Labute approximate surface area is 121 Å². The maximum atomic E-state index is 13.6. The van der Waals surface area contributed by atoms with Gasteiger partial charge in [-0.2, -0.15) is 0 Å². The van der Waals surface area contributed by atoms with Crippen molar-refractivity contribution in [3.05, 3.63) is 52.1 Å². The molecule has 0 aliphatic rings. The SMILES string of the molecule is COc1ccc(NC(=O)c2c(F)cc(Br)cc2F)cn1. The van der Waals surface area contributed by atoms with Crippen LogP contribution in [0.25, 0.3) is 0 Å². The highest BCUT2D eigenvalue weighted by Crippen LogP contribution is 2.21. The molecule has 0 radical (unpaired) electrons. The summed E-state index contributed by atoms with van der Waals surface area (Å²) in [6.07, 6.45) is 1.32. The molecule has 104 valence electrons. The number of nitrogens with one attached hydrogen (secondary N) is 1. The van der Waals surface area contributed by atoms with Crippen molar-refractivity contribution < 1.29 is 18.3 Å². The normalized spacial score (nSPS) is 10.2. The molecule has 1 aromatic heterocycles. The summed E-state index contributed by atoms with van der Waals surface area (Å²) in [5.74, 6) is -2.42. The summed E-state index contributed by atoms with van der Waals surface area (Å²) in [4.78, 5) is 15.7. The van der Waals surface area contributed by atoms with Crippen molar-refractivity contribution in [2.24, 2.45) is 0 Å². The molecule has 0 spiro atoms. The number of benzene rings is 1. The van der Waals surface area contributed by atoms with Crippen molar-refractivity contribution in [1.82, 2.24) is 4.98 Å². The van der Waals surface area contributed by atoms with Gasteiger partial charge in [0, 0.05) is 10.5 Å². The third kappa shape index (κ3) is 3.11. The Bertz CT molecular complexity index is 624. The number of amides is 1. The van der Waals surface area contributed by atoms with E-state index in [0.29, 0.717) is 11.6 Å². The third-order valence-corrected chi connectivity index (χ3v) is 2.90. The number of ether oxygens (including phenoxy) is 1. The summed E-state index contributed by atoms with van der Waals surface area (Å²) >= 11 is 2.94. The molecule has 1 N–H and O–H groups in total. The predicted octanol–water partition coefficient (Wildman–Crippen LogP) is 3.38. The number of anilines is 1. The van der Waals surface area contributed by atoms with Crippen LogP contribution in [0.2, 0.25) is 0 Å². The van der Waals surface area contributed by atoms with Crippen molar-refractivity contribution in [3.8, 4) is 5.88 Å². The fourth-order valence-electron chi connectivity index (χ4n) is 1.53. The molecule has 20 heavy (non-hydrogen) atoms. The lowest BCUT2D eigenvalue weighted by Gasteiger charge is -2.08. The van der Waals surface area contributed by atoms with E-state index in [1.807, 2.05) is 0 Å². The van der Waals surface area contributed by atoms with Gasteiger partial charge in [0.05, 0.1) is 19.0 Å². The van der Waals surface area contributed by atoms with Crippen LogP contribution in [0.5, 0.6) is 5.88 Å². The molecule has 2 aromatic rings. The van der Waals surface area contributed by atoms with Gasteiger partial charge in [0.1, 0.15) is 17.2 Å². The zero-order valence-corrected chi connectivity index (χ0v) is 11.9. The second kappa shape index (κ2) is 5.96. The van der Waals surface area contributed by atoms with E-state index in [1.54, 1.807) is 0 Å². The second-order valence-electron chi connectivity index (χ2n) is 3.79. The Morgan fingerprint density at radius 1 is 1.30 bits per heavy atom. The molecular formula is C13H9BrF2N2O2. The van der Waals surface area contributed by atoms with Gasteiger partial charge in [-0.3, -0.25) is 4.79 Å². The van der Waals surface area contributed by atoms with Gasteiger partial charge in [-0.1, -0.05) is 15.9 Å². The molecule has 0 bridgehead atoms. The third-order valence-electron chi connectivity index (χ3n) is 2.44. The van der Waals surface area contributed by atoms with E-state index in [0.717, 1.165) is 12.1 Å². The van der Waals surface area contributed by atoms with Gasteiger partial charge in [0.15, 0.2) is 0 Å². The molecule has 4 nitrogen and oxygen atoms in total. The molecular weight excluding hydrogens is 334 g/mol. The summed E-state index contributed by atoms with van der Waals surface area (Å²) in [5.41, 5.74) is -0.346. The van der Waals surface area contributed by atoms with E-state index in [2.05, 4.69) is 26.2 Å².